The van der Waals surface area contributed by atoms with E-state index in [0.29, 0.717) is 30.6 Å². The summed E-state index contributed by atoms with van der Waals surface area (Å²) in [5.41, 5.74) is 1.88. The van der Waals surface area contributed by atoms with Crippen LogP contribution in [0.4, 0.5) is 13.2 Å². The van der Waals surface area contributed by atoms with Gasteiger partial charge in [-0.05, 0) is 48.9 Å². The number of nitrogens with zero attached hydrogens (tertiary/aromatic N) is 2. The van der Waals surface area contributed by atoms with Crippen LogP contribution in [-0.4, -0.2) is 68.2 Å². The Morgan fingerprint density at radius 1 is 1.08 bits per heavy atom. The first-order valence-electron chi connectivity index (χ1n) is 11.8. The van der Waals surface area contributed by atoms with Crippen LogP contribution in [-0.2, 0) is 16.6 Å². The number of amides is 1. The summed E-state index contributed by atoms with van der Waals surface area (Å²) in [6.07, 6.45) is -0.294. The molecule has 3 aromatic rings. The molecule has 0 aliphatic carbocycles. The molecule has 2 aromatic carbocycles. The average molecular weight is 549 g/mol. The lowest BCUT2D eigenvalue weighted by molar-refractivity contribution is -0.152. The van der Waals surface area contributed by atoms with Gasteiger partial charge < -0.3 is 26.0 Å². The van der Waals surface area contributed by atoms with Gasteiger partial charge in [-0.3, -0.25) is 14.3 Å². The molecular formula is C26H27F3N4O6. The Kier molecular flexibility index (Phi) is 9.79. The normalized spacial score (nSPS) is 17.5. The van der Waals surface area contributed by atoms with Gasteiger partial charge in [0.2, 0.25) is 0 Å². The first-order chi connectivity index (χ1) is 18.5. The summed E-state index contributed by atoms with van der Waals surface area (Å²) in [5.74, 6) is -6.08. The zero-order chi connectivity index (χ0) is 28.7. The maximum Gasteiger partial charge on any atom is 0.333 e. The zero-order valence-corrected chi connectivity index (χ0v) is 20.8. The molecule has 1 aromatic heterocycles. The smallest absolute Gasteiger partial charge is 0.333 e. The van der Waals surface area contributed by atoms with E-state index < -0.39 is 47.8 Å². The van der Waals surface area contributed by atoms with Crippen molar-refractivity contribution in [1.82, 2.24) is 20.4 Å². The molecule has 208 valence electrons. The van der Waals surface area contributed by atoms with Crippen molar-refractivity contribution in [1.29, 1.82) is 0 Å². The van der Waals surface area contributed by atoms with E-state index in [0.717, 1.165) is 17.8 Å². The van der Waals surface area contributed by atoms with Gasteiger partial charge in [-0.25, -0.2) is 18.0 Å². The Hall–Kier alpha value is -4.23. The number of hydrogen-bond donors (Lipinski definition) is 5. The quantitative estimate of drug-likeness (QED) is 0.301. The largest absolute Gasteiger partial charge is 0.481 e. The summed E-state index contributed by atoms with van der Waals surface area (Å²) in [5, 5.41) is 34.2. The summed E-state index contributed by atoms with van der Waals surface area (Å²) >= 11 is 0. The molecule has 3 atom stereocenters. The first-order valence-corrected chi connectivity index (χ1v) is 11.8. The number of benzene rings is 2. The van der Waals surface area contributed by atoms with Crippen molar-refractivity contribution in [3.63, 3.8) is 0 Å². The lowest BCUT2D eigenvalue weighted by Gasteiger charge is -2.33. The Bertz CT molecular complexity index is 1350. The van der Waals surface area contributed by atoms with Crippen LogP contribution in [0.5, 0.6) is 0 Å². The molecule has 1 aliphatic rings. The van der Waals surface area contributed by atoms with Crippen molar-refractivity contribution in [3.8, 4) is 11.3 Å². The number of aliphatic hydroxyl groups excluding tert-OH is 1. The second-order valence-electron chi connectivity index (χ2n) is 8.84. The first kappa shape index (κ1) is 29.3. The van der Waals surface area contributed by atoms with E-state index >= 15 is 0 Å². The number of aromatic nitrogens is 2. The molecule has 0 bridgehead atoms. The van der Waals surface area contributed by atoms with Crippen molar-refractivity contribution in [3.05, 3.63) is 77.2 Å². The Balaban J connectivity index is 0.000000403. The SMILES string of the molecule is Cn1nccc1-c1ccc(C(=O)N[C@@H]2CNCC[C@H]2c2ccc(F)c(F)c2)c(F)c1.O=C(O)CC(O)C(=O)O. The van der Waals surface area contributed by atoms with Gasteiger partial charge in [0.25, 0.3) is 5.91 Å². The van der Waals surface area contributed by atoms with Crippen LogP contribution in [0.25, 0.3) is 11.3 Å². The number of aliphatic hydroxyl groups is 1. The molecule has 1 unspecified atom stereocenters. The third-order valence-corrected chi connectivity index (χ3v) is 6.15. The maximum atomic E-state index is 14.7. The molecule has 4 rings (SSSR count). The van der Waals surface area contributed by atoms with Crippen LogP contribution in [0.15, 0.2) is 48.7 Å². The van der Waals surface area contributed by atoms with E-state index in [1.807, 2.05) is 0 Å². The lowest BCUT2D eigenvalue weighted by Crippen LogP contribution is -2.50. The van der Waals surface area contributed by atoms with Gasteiger partial charge in [-0.1, -0.05) is 12.1 Å². The van der Waals surface area contributed by atoms with Crippen molar-refractivity contribution in [2.45, 2.75) is 30.9 Å². The molecule has 10 nitrogen and oxygen atoms in total. The van der Waals surface area contributed by atoms with E-state index in [9.17, 15) is 27.6 Å². The van der Waals surface area contributed by atoms with Crippen molar-refractivity contribution in [2.75, 3.05) is 13.1 Å². The van der Waals surface area contributed by atoms with Gasteiger partial charge in [-0.2, -0.15) is 5.10 Å². The lowest BCUT2D eigenvalue weighted by atomic mass is 9.85. The van der Waals surface area contributed by atoms with Crippen LogP contribution in [0, 0.1) is 17.5 Å². The summed E-state index contributed by atoms with van der Waals surface area (Å²) in [7, 11) is 1.75. The fraction of sp³-hybridized carbons (Fsp3) is 0.308. The molecule has 0 radical (unpaired) electrons. The molecule has 13 heteroatoms. The van der Waals surface area contributed by atoms with Crippen LogP contribution in [0.3, 0.4) is 0 Å². The minimum absolute atomic E-state index is 0.0736. The van der Waals surface area contributed by atoms with E-state index in [1.54, 1.807) is 30.1 Å². The zero-order valence-electron chi connectivity index (χ0n) is 20.8. The number of carbonyl (C=O) groups is 3. The number of rotatable bonds is 7. The third-order valence-electron chi connectivity index (χ3n) is 6.15. The number of hydrogen-bond acceptors (Lipinski definition) is 6. The topological polar surface area (TPSA) is 154 Å². The predicted octanol–water partition coefficient (Wildman–Crippen LogP) is 2.29. The average Bonchev–Trinajstić information content (AvgIpc) is 3.31. The molecule has 39 heavy (non-hydrogen) atoms. The fourth-order valence-corrected chi connectivity index (χ4v) is 4.17. The van der Waals surface area contributed by atoms with Gasteiger partial charge in [0.1, 0.15) is 5.82 Å². The highest BCUT2D eigenvalue weighted by Crippen LogP contribution is 2.28. The van der Waals surface area contributed by atoms with Gasteiger partial charge >= 0.3 is 11.9 Å². The molecule has 2 heterocycles. The Morgan fingerprint density at radius 2 is 1.82 bits per heavy atom. The minimum atomic E-state index is -1.79. The number of piperidine rings is 1. The Morgan fingerprint density at radius 3 is 2.38 bits per heavy atom. The fourth-order valence-electron chi connectivity index (χ4n) is 4.17. The van der Waals surface area contributed by atoms with E-state index in [2.05, 4.69) is 15.7 Å². The van der Waals surface area contributed by atoms with E-state index in [1.165, 1.54) is 18.2 Å². The van der Waals surface area contributed by atoms with Crippen LogP contribution < -0.4 is 10.6 Å². The number of carbonyl (C=O) groups excluding carboxylic acids is 1. The molecule has 1 amide bonds. The third kappa shape index (κ3) is 7.65. The summed E-state index contributed by atoms with van der Waals surface area (Å²) in [6.45, 7) is 1.13. The standard InChI is InChI=1S/C22H21F3N4O.C4H6O5/c1-29-21(7-9-27-29)14-2-4-16(18(24)11-14)22(30)28-20-12-26-8-6-15(20)13-3-5-17(23)19(25)10-13;5-2(4(8)9)1-3(6)7/h2-5,7,9-11,15,20,26H,6,8,12H2,1H3,(H,28,30);2,5H,1H2,(H,6,7)(H,8,9)/t15-,20+;/m0./s1. The summed E-state index contributed by atoms with van der Waals surface area (Å²) in [4.78, 5) is 32.2. The monoisotopic (exact) mass is 548 g/mol. The van der Waals surface area contributed by atoms with Crippen molar-refractivity contribution < 1.29 is 42.9 Å². The maximum absolute atomic E-state index is 14.7. The summed E-state index contributed by atoms with van der Waals surface area (Å²) in [6, 6.07) is 9.56. The van der Waals surface area contributed by atoms with Crippen molar-refractivity contribution >= 4 is 17.8 Å². The van der Waals surface area contributed by atoms with Crippen LogP contribution in [0.2, 0.25) is 0 Å². The van der Waals surface area contributed by atoms with Gasteiger partial charge in [-0.15, -0.1) is 0 Å². The molecule has 1 saturated heterocycles. The number of halogens is 3. The van der Waals surface area contributed by atoms with Gasteiger partial charge in [0, 0.05) is 37.3 Å². The number of aryl methyl sites for hydroxylation is 1. The van der Waals surface area contributed by atoms with Gasteiger partial charge in [0.05, 0.1) is 17.7 Å². The highest BCUT2D eigenvalue weighted by atomic mass is 19.2. The number of aliphatic carboxylic acids is 2. The van der Waals surface area contributed by atoms with Crippen LogP contribution in [0.1, 0.15) is 34.7 Å². The molecule has 0 saturated carbocycles. The molecule has 5 N–H and O–H groups in total. The molecule has 0 spiro atoms. The molecule has 1 fully saturated rings. The number of carboxylic acids is 2. The van der Waals surface area contributed by atoms with Gasteiger partial charge in [0.15, 0.2) is 17.7 Å². The molecule has 1 aliphatic heterocycles. The van der Waals surface area contributed by atoms with E-state index in [-0.39, 0.29) is 17.5 Å². The number of nitrogens with one attached hydrogen (secondary N) is 2. The number of carboxylic acid groups (broad SMARTS) is 2. The van der Waals surface area contributed by atoms with Crippen molar-refractivity contribution in [2.24, 2.45) is 7.05 Å². The highest BCUT2D eigenvalue weighted by molar-refractivity contribution is 5.95. The molecular weight excluding hydrogens is 521 g/mol. The second kappa shape index (κ2) is 13.0. The van der Waals surface area contributed by atoms with E-state index in [4.69, 9.17) is 15.3 Å². The Labute approximate surface area is 221 Å². The second-order valence-corrected chi connectivity index (χ2v) is 8.84. The minimum Gasteiger partial charge on any atom is -0.481 e. The highest BCUT2D eigenvalue weighted by Gasteiger charge is 2.29. The van der Waals surface area contributed by atoms with Crippen LogP contribution >= 0.6 is 0 Å². The summed E-state index contributed by atoms with van der Waals surface area (Å²) < 4.78 is 43.3. The predicted molar refractivity (Wildman–Crippen MR) is 132 cm³/mol.